The largest absolute Gasteiger partial charge is 0.457 e. The number of nitrogens with two attached hydrogens (primary N) is 1. The van der Waals surface area contributed by atoms with Crippen molar-refractivity contribution in [2.24, 2.45) is 0 Å². The van der Waals surface area contributed by atoms with E-state index in [1.54, 1.807) is 4.57 Å². The molecule has 132 valence electrons. The number of methoxy groups -OCH3 is 1. The van der Waals surface area contributed by atoms with Crippen LogP contribution in [0.4, 0.5) is 14.6 Å². The lowest BCUT2D eigenvalue weighted by Crippen LogP contribution is -2.21. The Kier molecular flexibility index (Phi) is 4.73. The highest BCUT2D eigenvalue weighted by Crippen LogP contribution is 2.33. The number of aliphatic hydroxyl groups excluding tert-OH is 1. The molecule has 3 atom stereocenters. The first-order valence-electron chi connectivity index (χ1n) is 7.23. The van der Waals surface area contributed by atoms with Crippen molar-refractivity contribution in [3.8, 4) is 6.01 Å². The van der Waals surface area contributed by atoms with Crippen LogP contribution < -0.4 is 10.5 Å². The zero-order valence-electron chi connectivity index (χ0n) is 12.8. The average molecular weight is 345 g/mol. The fraction of sp³-hybridized carbons (Fsp3) is 0.615. The molecule has 0 aromatic carbocycles. The van der Waals surface area contributed by atoms with E-state index in [9.17, 15) is 13.9 Å². The Bertz CT molecular complexity index is 713. The van der Waals surface area contributed by atoms with Crippen LogP contribution in [0.2, 0.25) is 0 Å². The van der Waals surface area contributed by atoms with Gasteiger partial charge in [0.25, 0.3) is 6.43 Å². The molecule has 11 heteroatoms. The van der Waals surface area contributed by atoms with Gasteiger partial charge in [-0.1, -0.05) is 0 Å². The minimum Gasteiger partial charge on any atom is -0.457 e. The average Bonchev–Trinajstić information content (AvgIpc) is 3.16. The molecule has 1 saturated heterocycles. The van der Waals surface area contributed by atoms with E-state index < -0.39 is 19.3 Å². The molecule has 1 fully saturated rings. The van der Waals surface area contributed by atoms with Gasteiger partial charge in [-0.25, -0.2) is 13.8 Å². The SMILES string of the molecule is CO[C@@H]1CC(CO)OC1n1cnc2c(N)nc(OCC(F)F)nc21. The standard InChI is InChI=1S/C13H17F2N5O4/c1-22-7-2-6(3-21)24-12(7)20-5-17-9-10(16)18-13(19-11(9)20)23-4-8(14)15/h5-8,12,21H,2-4H2,1H3,(H2,16,18,19)/t6?,7-,12?/m1/s1. The minimum atomic E-state index is -2.66. The summed E-state index contributed by atoms with van der Waals surface area (Å²) in [5, 5.41) is 9.28. The van der Waals surface area contributed by atoms with Gasteiger partial charge in [-0.3, -0.25) is 4.57 Å². The number of hydrogen-bond acceptors (Lipinski definition) is 8. The third-order valence-electron chi connectivity index (χ3n) is 3.69. The first kappa shape index (κ1) is 16.7. The second kappa shape index (κ2) is 6.79. The molecule has 24 heavy (non-hydrogen) atoms. The van der Waals surface area contributed by atoms with Crippen LogP contribution >= 0.6 is 0 Å². The number of ether oxygens (including phenoxy) is 3. The Morgan fingerprint density at radius 3 is 2.96 bits per heavy atom. The summed E-state index contributed by atoms with van der Waals surface area (Å²) in [4.78, 5) is 12.0. The molecular formula is C13H17F2N5O4. The lowest BCUT2D eigenvalue weighted by atomic mass is 10.2. The number of imidazole rings is 1. The topological polar surface area (TPSA) is 118 Å². The van der Waals surface area contributed by atoms with Crippen LogP contribution in [0.3, 0.4) is 0 Å². The molecule has 1 aliphatic heterocycles. The Hall–Kier alpha value is -2.11. The van der Waals surface area contributed by atoms with Crippen molar-refractivity contribution in [2.45, 2.75) is 31.3 Å². The summed E-state index contributed by atoms with van der Waals surface area (Å²) in [7, 11) is 1.53. The first-order valence-corrected chi connectivity index (χ1v) is 7.23. The molecule has 0 amide bonds. The smallest absolute Gasteiger partial charge is 0.320 e. The molecule has 3 heterocycles. The van der Waals surface area contributed by atoms with Gasteiger partial charge in [0.1, 0.15) is 6.10 Å². The summed E-state index contributed by atoms with van der Waals surface area (Å²) < 4.78 is 42.1. The molecular weight excluding hydrogens is 328 g/mol. The van der Waals surface area contributed by atoms with Gasteiger partial charge in [0.05, 0.1) is 19.0 Å². The number of alkyl halides is 2. The molecule has 0 bridgehead atoms. The molecule has 9 nitrogen and oxygen atoms in total. The molecule has 2 aromatic heterocycles. The summed E-state index contributed by atoms with van der Waals surface area (Å²) in [5.74, 6) is 0.00804. The van der Waals surface area contributed by atoms with Gasteiger partial charge in [0.15, 0.2) is 29.8 Å². The van der Waals surface area contributed by atoms with Gasteiger partial charge in [-0.2, -0.15) is 9.97 Å². The fourth-order valence-electron chi connectivity index (χ4n) is 2.60. The minimum absolute atomic E-state index is 0.00804. The number of fused-ring (bicyclic) bond motifs is 1. The highest BCUT2D eigenvalue weighted by Gasteiger charge is 2.37. The molecule has 0 aliphatic carbocycles. The molecule has 0 radical (unpaired) electrons. The van der Waals surface area contributed by atoms with E-state index in [0.29, 0.717) is 11.9 Å². The first-order chi connectivity index (χ1) is 11.5. The monoisotopic (exact) mass is 345 g/mol. The molecule has 0 spiro atoms. The van der Waals surface area contributed by atoms with Crippen molar-refractivity contribution in [3.05, 3.63) is 6.33 Å². The number of hydrogen-bond donors (Lipinski definition) is 2. The predicted octanol–water partition coefficient (Wildman–Crippen LogP) is 0.347. The maximum atomic E-state index is 12.3. The van der Waals surface area contributed by atoms with Crippen LogP contribution in [0.1, 0.15) is 12.6 Å². The van der Waals surface area contributed by atoms with Crippen LogP contribution in [0.15, 0.2) is 6.33 Å². The second-order valence-corrected chi connectivity index (χ2v) is 5.26. The summed E-state index contributed by atoms with van der Waals surface area (Å²) in [5.41, 5.74) is 6.36. The molecule has 3 rings (SSSR count). The molecule has 2 aromatic rings. The molecule has 2 unspecified atom stereocenters. The number of rotatable bonds is 6. The molecule has 1 aliphatic rings. The molecule has 3 N–H and O–H groups in total. The van der Waals surface area contributed by atoms with E-state index >= 15 is 0 Å². The normalized spacial score (nSPS) is 24.1. The Balaban J connectivity index is 1.96. The summed E-state index contributed by atoms with van der Waals surface area (Å²) in [6, 6.07) is -0.271. The fourth-order valence-corrected chi connectivity index (χ4v) is 2.60. The summed E-state index contributed by atoms with van der Waals surface area (Å²) in [6.45, 7) is -0.991. The Morgan fingerprint density at radius 1 is 1.50 bits per heavy atom. The number of anilines is 1. The zero-order chi connectivity index (χ0) is 17.3. The van der Waals surface area contributed by atoms with Crippen molar-refractivity contribution in [3.63, 3.8) is 0 Å². The quantitative estimate of drug-likeness (QED) is 0.770. The number of aromatic nitrogens is 4. The maximum absolute atomic E-state index is 12.3. The van der Waals surface area contributed by atoms with Gasteiger partial charge in [0, 0.05) is 13.5 Å². The number of halogens is 2. The van der Waals surface area contributed by atoms with Gasteiger partial charge >= 0.3 is 6.01 Å². The summed E-state index contributed by atoms with van der Waals surface area (Å²) >= 11 is 0. The van der Waals surface area contributed by atoms with Crippen LogP contribution in [0.5, 0.6) is 6.01 Å². The second-order valence-electron chi connectivity index (χ2n) is 5.26. The van der Waals surface area contributed by atoms with Gasteiger partial charge in [-0.15, -0.1) is 0 Å². The van der Waals surface area contributed by atoms with Crippen molar-refractivity contribution in [1.29, 1.82) is 0 Å². The van der Waals surface area contributed by atoms with Crippen LogP contribution in [0.25, 0.3) is 11.2 Å². The maximum Gasteiger partial charge on any atom is 0.320 e. The third-order valence-corrected chi connectivity index (χ3v) is 3.69. The number of aliphatic hydroxyl groups is 1. The van der Waals surface area contributed by atoms with Crippen LogP contribution in [-0.2, 0) is 9.47 Å². The lowest BCUT2D eigenvalue weighted by molar-refractivity contribution is -0.0583. The van der Waals surface area contributed by atoms with E-state index in [2.05, 4.69) is 15.0 Å². The third kappa shape index (κ3) is 3.09. The van der Waals surface area contributed by atoms with E-state index in [0.717, 1.165) is 0 Å². The number of nitrogens with zero attached hydrogens (tertiary/aromatic N) is 4. The Morgan fingerprint density at radius 2 is 2.29 bits per heavy atom. The van der Waals surface area contributed by atoms with Gasteiger partial charge < -0.3 is 25.1 Å². The Labute approximate surface area is 135 Å². The van der Waals surface area contributed by atoms with Crippen LogP contribution in [0, 0.1) is 0 Å². The highest BCUT2D eigenvalue weighted by atomic mass is 19.3. The van der Waals surface area contributed by atoms with Gasteiger partial charge in [0.2, 0.25) is 0 Å². The van der Waals surface area contributed by atoms with Crippen molar-refractivity contribution in [1.82, 2.24) is 19.5 Å². The van der Waals surface area contributed by atoms with E-state index in [1.165, 1.54) is 13.4 Å². The van der Waals surface area contributed by atoms with E-state index in [1.807, 2.05) is 0 Å². The van der Waals surface area contributed by atoms with Crippen molar-refractivity contribution in [2.75, 3.05) is 26.1 Å². The van der Waals surface area contributed by atoms with Crippen molar-refractivity contribution < 1.29 is 28.1 Å². The number of nitrogen functional groups attached to an aromatic ring is 1. The van der Waals surface area contributed by atoms with Gasteiger partial charge in [-0.05, 0) is 0 Å². The van der Waals surface area contributed by atoms with E-state index in [4.69, 9.17) is 19.9 Å². The highest BCUT2D eigenvalue weighted by molar-refractivity contribution is 5.82. The lowest BCUT2D eigenvalue weighted by Gasteiger charge is -2.19. The summed E-state index contributed by atoms with van der Waals surface area (Å²) in [6.07, 6.45) is -2.02. The zero-order valence-corrected chi connectivity index (χ0v) is 12.8. The van der Waals surface area contributed by atoms with Crippen molar-refractivity contribution >= 4 is 17.0 Å². The van der Waals surface area contributed by atoms with Crippen LogP contribution in [-0.4, -0.2) is 63.6 Å². The predicted molar refractivity (Wildman–Crippen MR) is 77.6 cm³/mol. The molecule has 0 saturated carbocycles. The van der Waals surface area contributed by atoms with E-state index in [-0.39, 0.29) is 36.3 Å².